The van der Waals surface area contributed by atoms with Crippen LogP contribution in [0, 0.1) is 0 Å². The summed E-state index contributed by atoms with van der Waals surface area (Å²) in [6.45, 7) is 2.57. The molecule has 0 aliphatic carbocycles. The van der Waals surface area contributed by atoms with Crippen LogP contribution in [0.15, 0.2) is 17.2 Å². The Balaban J connectivity index is 2.84. The molecule has 0 aliphatic heterocycles. The van der Waals surface area contributed by atoms with Gasteiger partial charge in [-0.05, 0) is 12.5 Å². The zero-order chi connectivity index (χ0) is 12.2. The summed E-state index contributed by atoms with van der Waals surface area (Å²) in [6, 6.07) is 1.57. The van der Waals surface area contributed by atoms with Gasteiger partial charge in [-0.25, -0.2) is 12.7 Å². The summed E-state index contributed by atoms with van der Waals surface area (Å²) in [4.78, 5) is 3.11. The third-order valence-corrected chi connectivity index (χ3v) is 4.52. The van der Waals surface area contributed by atoms with Gasteiger partial charge < -0.3 is 4.98 Å². The van der Waals surface area contributed by atoms with Crippen molar-refractivity contribution in [3.05, 3.63) is 18.0 Å². The van der Waals surface area contributed by atoms with Gasteiger partial charge in [0.05, 0.1) is 10.8 Å². The summed E-state index contributed by atoms with van der Waals surface area (Å²) in [5, 5.41) is 0. The Morgan fingerprint density at radius 2 is 2.19 bits per heavy atom. The number of alkyl halides is 1. The highest BCUT2D eigenvalue weighted by molar-refractivity contribution is 7.89. The van der Waals surface area contributed by atoms with Crippen LogP contribution in [0.3, 0.4) is 0 Å². The normalized spacial score (nSPS) is 12.2. The van der Waals surface area contributed by atoms with Crippen molar-refractivity contribution in [3.8, 4) is 0 Å². The molecule has 0 atom stereocenters. The van der Waals surface area contributed by atoms with E-state index in [-0.39, 0.29) is 10.8 Å². The Bertz CT molecular complexity index is 428. The molecule has 0 aromatic carbocycles. The number of halogens is 1. The van der Waals surface area contributed by atoms with Crippen molar-refractivity contribution in [2.75, 3.05) is 13.6 Å². The predicted octanol–water partition coefficient (Wildman–Crippen LogP) is 2.17. The molecule has 1 rings (SSSR count). The smallest absolute Gasteiger partial charge is 0.244 e. The fourth-order valence-corrected chi connectivity index (χ4v) is 2.71. The Hall–Kier alpha value is -0.520. The topological polar surface area (TPSA) is 53.2 Å². The van der Waals surface area contributed by atoms with Gasteiger partial charge in [-0.15, -0.1) is 11.6 Å². The molecule has 6 heteroatoms. The van der Waals surface area contributed by atoms with E-state index in [0.717, 1.165) is 12.8 Å². The molecule has 1 heterocycles. The molecule has 0 amide bonds. The second kappa shape index (κ2) is 5.70. The SMILES string of the molecule is CCCCN(C)S(=O)(=O)c1c[nH]c(CCl)c1. The molecule has 0 fully saturated rings. The molecule has 0 saturated carbocycles. The van der Waals surface area contributed by atoms with E-state index in [0.29, 0.717) is 12.2 Å². The van der Waals surface area contributed by atoms with E-state index < -0.39 is 10.0 Å². The number of aromatic amines is 1. The summed E-state index contributed by atoms with van der Waals surface area (Å²) < 4.78 is 25.4. The van der Waals surface area contributed by atoms with Crippen molar-refractivity contribution in [1.29, 1.82) is 0 Å². The molecule has 0 bridgehead atoms. The highest BCUT2D eigenvalue weighted by Gasteiger charge is 2.21. The van der Waals surface area contributed by atoms with Crippen LogP contribution in [0.4, 0.5) is 0 Å². The molecule has 1 N–H and O–H groups in total. The highest BCUT2D eigenvalue weighted by atomic mass is 35.5. The van der Waals surface area contributed by atoms with Gasteiger partial charge in [-0.1, -0.05) is 13.3 Å². The Morgan fingerprint density at radius 1 is 1.50 bits per heavy atom. The van der Waals surface area contributed by atoms with E-state index in [9.17, 15) is 8.42 Å². The number of sulfonamides is 1. The van der Waals surface area contributed by atoms with Crippen molar-refractivity contribution >= 4 is 21.6 Å². The fourth-order valence-electron chi connectivity index (χ4n) is 1.33. The first-order valence-corrected chi connectivity index (χ1v) is 7.19. The van der Waals surface area contributed by atoms with Crippen molar-refractivity contribution < 1.29 is 8.42 Å². The second-order valence-corrected chi connectivity index (χ2v) is 5.99. The van der Waals surface area contributed by atoms with Crippen molar-refractivity contribution in [2.24, 2.45) is 0 Å². The Morgan fingerprint density at radius 3 is 2.69 bits per heavy atom. The number of hydrogen-bond acceptors (Lipinski definition) is 2. The molecule has 0 aliphatic rings. The van der Waals surface area contributed by atoms with E-state index in [2.05, 4.69) is 4.98 Å². The van der Waals surface area contributed by atoms with Crippen LogP contribution in [0.2, 0.25) is 0 Å². The van der Waals surface area contributed by atoms with Gasteiger partial charge in [0.15, 0.2) is 0 Å². The molecular formula is C10H17ClN2O2S. The first-order chi connectivity index (χ1) is 7.52. The Kier molecular flexibility index (Phi) is 4.83. The van der Waals surface area contributed by atoms with E-state index in [1.807, 2.05) is 6.92 Å². The summed E-state index contributed by atoms with van der Waals surface area (Å²) >= 11 is 5.61. The molecule has 0 radical (unpaired) electrons. The Labute approximate surface area is 102 Å². The minimum absolute atomic E-state index is 0.279. The fraction of sp³-hybridized carbons (Fsp3) is 0.600. The van der Waals surface area contributed by atoms with Crippen LogP contribution in [0.25, 0.3) is 0 Å². The average Bonchev–Trinajstić information content (AvgIpc) is 2.74. The molecule has 92 valence electrons. The molecule has 1 aromatic rings. The van der Waals surface area contributed by atoms with Gasteiger partial charge in [-0.2, -0.15) is 0 Å². The van der Waals surface area contributed by atoms with Crippen molar-refractivity contribution in [3.63, 3.8) is 0 Å². The molecule has 0 unspecified atom stereocenters. The van der Waals surface area contributed by atoms with Gasteiger partial charge in [0.1, 0.15) is 0 Å². The van der Waals surface area contributed by atoms with E-state index in [1.165, 1.54) is 10.5 Å². The number of nitrogens with zero attached hydrogens (tertiary/aromatic N) is 1. The molecule has 0 spiro atoms. The van der Waals surface area contributed by atoms with Crippen LogP contribution in [-0.2, 0) is 15.9 Å². The van der Waals surface area contributed by atoms with Crippen LogP contribution in [0.1, 0.15) is 25.5 Å². The number of unbranched alkanes of at least 4 members (excludes halogenated alkanes) is 1. The first-order valence-electron chi connectivity index (χ1n) is 5.22. The lowest BCUT2D eigenvalue weighted by Crippen LogP contribution is -2.27. The summed E-state index contributed by atoms with van der Waals surface area (Å²) in [6.07, 6.45) is 3.32. The number of hydrogen-bond donors (Lipinski definition) is 1. The lowest BCUT2D eigenvalue weighted by Gasteiger charge is -2.15. The zero-order valence-corrected chi connectivity index (χ0v) is 11.1. The van der Waals surface area contributed by atoms with Crippen LogP contribution in [-0.4, -0.2) is 31.3 Å². The van der Waals surface area contributed by atoms with E-state index in [1.54, 1.807) is 13.1 Å². The molecule has 4 nitrogen and oxygen atoms in total. The maximum Gasteiger partial charge on any atom is 0.244 e. The number of nitrogens with one attached hydrogen (secondary N) is 1. The maximum absolute atomic E-state index is 12.0. The lowest BCUT2D eigenvalue weighted by atomic mass is 10.3. The van der Waals surface area contributed by atoms with Crippen LogP contribution >= 0.6 is 11.6 Å². The van der Waals surface area contributed by atoms with Crippen molar-refractivity contribution in [1.82, 2.24) is 9.29 Å². The van der Waals surface area contributed by atoms with E-state index >= 15 is 0 Å². The average molecular weight is 265 g/mol. The monoisotopic (exact) mass is 264 g/mol. The summed E-state index contributed by atoms with van der Waals surface area (Å²) in [5.74, 6) is 0.286. The van der Waals surface area contributed by atoms with Crippen LogP contribution < -0.4 is 0 Å². The first kappa shape index (κ1) is 13.5. The molecule has 16 heavy (non-hydrogen) atoms. The number of aromatic nitrogens is 1. The number of H-pyrrole nitrogens is 1. The molecule has 1 aromatic heterocycles. The highest BCUT2D eigenvalue weighted by Crippen LogP contribution is 2.16. The third-order valence-electron chi connectivity index (χ3n) is 2.40. The third kappa shape index (κ3) is 2.99. The van der Waals surface area contributed by atoms with Gasteiger partial charge in [0.2, 0.25) is 10.0 Å². The van der Waals surface area contributed by atoms with Gasteiger partial charge in [-0.3, -0.25) is 0 Å². The van der Waals surface area contributed by atoms with Gasteiger partial charge in [0.25, 0.3) is 0 Å². The van der Waals surface area contributed by atoms with Gasteiger partial charge in [0, 0.05) is 25.5 Å². The van der Waals surface area contributed by atoms with E-state index in [4.69, 9.17) is 11.6 Å². The van der Waals surface area contributed by atoms with Crippen molar-refractivity contribution in [2.45, 2.75) is 30.5 Å². The second-order valence-electron chi connectivity index (χ2n) is 3.67. The number of rotatable bonds is 6. The maximum atomic E-state index is 12.0. The zero-order valence-electron chi connectivity index (χ0n) is 9.53. The largest absolute Gasteiger partial charge is 0.363 e. The molecule has 0 saturated heterocycles. The minimum Gasteiger partial charge on any atom is -0.363 e. The minimum atomic E-state index is -3.36. The van der Waals surface area contributed by atoms with Gasteiger partial charge >= 0.3 is 0 Å². The quantitative estimate of drug-likeness (QED) is 0.801. The lowest BCUT2D eigenvalue weighted by molar-refractivity contribution is 0.459. The predicted molar refractivity (Wildman–Crippen MR) is 65.1 cm³/mol. The standard InChI is InChI=1S/C10H17ClN2O2S/c1-3-4-5-13(2)16(14,15)10-6-9(7-11)12-8-10/h6,8,12H,3-5,7H2,1-2H3. The van der Waals surface area contributed by atoms with Crippen LogP contribution in [0.5, 0.6) is 0 Å². The molecular weight excluding hydrogens is 248 g/mol. The summed E-state index contributed by atoms with van der Waals surface area (Å²) in [7, 11) is -1.76. The summed E-state index contributed by atoms with van der Waals surface area (Å²) in [5.41, 5.74) is 0.712.